The molecule has 1 aromatic heterocycles. The van der Waals surface area contributed by atoms with Crippen LogP contribution < -0.4 is 30.4 Å². The lowest BCUT2D eigenvalue weighted by Crippen LogP contribution is -2.61. The first-order valence-electron chi connectivity index (χ1n) is 26.4. The smallest absolute Gasteiger partial charge is 0.265 e. The second-order valence-electron chi connectivity index (χ2n) is 24.9. The number of hydrogen-bond donors (Lipinski definition) is 0. The summed E-state index contributed by atoms with van der Waals surface area (Å²) in [6.07, 6.45) is 0. The maximum atomic E-state index is 2.64. The molecule has 3 aliphatic rings. The van der Waals surface area contributed by atoms with Gasteiger partial charge in [-0.25, -0.2) is 0 Å². The second-order valence-corrected chi connectivity index (χ2v) is 26.0. The van der Waals surface area contributed by atoms with Crippen molar-refractivity contribution in [2.75, 3.05) is 14.7 Å². The lowest BCUT2D eigenvalue weighted by Gasteiger charge is -2.45. The largest absolute Gasteiger partial charge is 0.311 e. The first-order chi connectivity index (χ1) is 34.6. The molecule has 8 aromatic carbocycles. The predicted octanol–water partition coefficient (Wildman–Crippen LogP) is 17.6. The summed E-state index contributed by atoms with van der Waals surface area (Å²) in [4.78, 5) is 7.83. The summed E-state index contributed by atoms with van der Waals surface area (Å²) in [5, 5.41) is 1.32. The Kier molecular flexibility index (Phi) is 10.6. The zero-order chi connectivity index (χ0) is 51.3. The fourth-order valence-corrected chi connectivity index (χ4v) is 13.6. The van der Waals surface area contributed by atoms with Crippen LogP contribution in [0.5, 0.6) is 0 Å². The van der Waals surface area contributed by atoms with Gasteiger partial charge in [0.1, 0.15) is 0 Å². The van der Waals surface area contributed by atoms with E-state index in [0.717, 1.165) is 17.1 Å². The Balaban J connectivity index is 1.26. The molecule has 1 aliphatic carbocycles. The Morgan fingerprint density at radius 1 is 0.493 bits per heavy atom. The molecule has 73 heavy (non-hydrogen) atoms. The summed E-state index contributed by atoms with van der Waals surface area (Å²) in [6.45, 7) is 32.5. The van der Waals surface area contributed by atoms with Gasteiger partial charge in [-0.2, -0.15) is 0 Å². The van der Waals surface area contributed by atoms with Crippen molar-refractivity contribution >= 4 is 95.0 Å². The Morgan fingerprint density at radius 2 is 0.986 bits per heavy atom. The van der Waals surface area contributed by atoms with Crippen LogP contribution in [0.25, 0.3) is 21.2 Å². The predicted molar refractivity (Wildman–Crippen MR) is 318 cm³/mol. The average molecular weight is 970 g/mol. The number of benzene rings is 8. The van der Waals surface area contributed by atoms with Crippen LogP contribution in [-0.2, 0) is 21.7 Å². The fraction of sp³-hybridized carbons (Fsp3) is 0.265. The van der Waals surface area contributed by atoms with Gasteiger partial charge in [-0.3, -0.25) is 0 Å². The van der Waals surface area contributed by atoms with Gasteiger partial charge in [-0.15, -0.1) is 11.3 Å². The molecular formula is C68H68BN3S. The Morgan fingerprint density at radius 3 is 1.53 bits per heavy atom. The molecule has 364 valence electrons. The Hall–Kier alpha value is -6.82. The van der Waals surface area contributed by atoms with Crippen molar-refractivity contribution in [2.45, 2.75) is 119 Å². The molecule has 0 N–H and O–H groups in total. The monoisotopic (exact) mass is 970 g/mol. The van der Waals surface area contributed by atoms with Gasteiger partial charge < -0.3 is 14.7 Å². The zero-order valence-corrected chi connectivity index (χ0v) is 46.2. The number of fused-ring (bicyclic) bond motifs is 10. The third-order valence-electron chi connectivity index (χ3n) is 16.2. The molecule has 0 spiro atoms. The number of anilines is 9. The molecule has 0 fully saturated rings. The van der Waals surface area contributed by atoms with Crippen LogP contribution in [0, 0.1) is 20.8 Å². The quantitative estimate of drug-likeness (QED) is 0.159. The SMILES string of the molecule is Cc1ccc(N(c2ccc(C)cc2)c2cc3c(c4c2C(C)(C)c2ccccc2-4)B2c4sc5ccc(C(C)(C)C)cc5c4N(c4ccc(C(C)(C)C)cc4)c4cc(C)cc(c42)N3c2ccc(C(C)(C)C)cc2)cc1. The van der Waals surface area contributed by atoms with Gasteiger partial charge in [0.05, 0.1) is 11.4 Å². The summed E-state index contributed by atoms with van der Waals surface area (Å²) in [5.74, 6) is 0. The first-order valence-corrected chi connectivity index (χ1v) is 27.2. The standard InChI is InChI=1S/C68H68BN3S/c1-41-19-28-47(29-20-41)70(48-30-21-42(2)22-31-48)54-40-57-62(59-51-17-15-16-18-53(51)68(13,14)60(54)59)69-61-55(71(57)49-32-23-44(24-33-49)65(4,5)6)37-43(3)38-56(61)72(50-34-25-45(26-35-50)66(7,8)9)63-52-39-46(67(10,11)12)27-36-58(52)73-64(63)69/h15-40H,1-14H3. The normalized spacial score (nSPS) is 14.5. The summed E-state index contributed by atoms with van der Waals surface area (Å²) < 4.78 is 2.72. The van der Waals surface area contributed by atoms with Gasteiger partial charge in [-0.1, -0.05) is 166 Å². The van der Waals surface area contributed by atoms with Gasteiger partial charge in [0.15, 0.2) is 0 Å². The lowest BCUT2D eigenvalue weighted by atomic mass is 9.35. The maximum absolute atomic E-state index is 2.64. The lowest BCUT2D eigenvalue weighted by molar-refractivity contribution is 0.590. The van der Waals surface area contributed by atoms with E-state index in [1.807, 2.05) is 11.3 Å². The molecule has 3 nitrogen and oxygen atoms in total. The van der Waals surface area contributed by atoms with E-state index >= 15 is 0 Å². The topological polar surface area (TPSA) is 9.72 Å². The highest BCUT2D eigenvalue weighted by molar-refractivity contribution is 7.34. The van der Waals surface area contributed by atoms with Crippen LogP contribution in [0.1, 0.15) is 121 Å². The van der Waals surface area contributed by atoms with Crippen molar-refractivity contribution in [1.82, 2.24) is 0 Å². The highest BCUT2D eigenvalue weighted by Crippen LogP contribution is 2.58. The van der Waals surface area contributed by atoms with E-state index < -0.39 is 0 Å². The first kappa shape index (κ1) is 47.2. The van der Waals surface area contributed by atoms with E-state index in [9.17, 15) is 0 Å². The molecule has 0 unspecified atom stereocenters. The van der Waals surface area contributed by atoms with E-state index in [-0.39, 0.29) is 28.4 Å². The molecule has 0 saturated heterocycles. The number of hydrogen-bond acceptors (Lipinski definition) is 4. The molecule has 0 amide bonds. The van der Waals surface area contributed by atoms with Crippen LogP contribution in [0.3, 0.4) is 0 Å². The summed E-state index contributed by atoms with van der Waals surface area (Å²) in [7, 11) is 0. The van der Waals surface area contributed by atoms with Gasteiger partial charge in [0.25, 0.3) is 6.71 Å². The third-order valence-corrected chi connectivity index (χ3v) is 17.5. The number of nitrogens with zero attached hydrogens (tertiary/aromatic N) is 3. The molecule has 9 aromatic rings. The van der Waals surface area contributed by atoms with Crippen molar-refractivity contribution < 1.29 is 0 Å². The van der Waals surface area contributed by atoms with Gasteiger partial charge in [0, 0.05) is 60.1 Å². The summed E-state index contributed by atoms with van der Waals surface area (Å²) in [6, 6.07) is 61.4. The number of rotatable bonds is 5. The minimum atomic E-state index is -0.334. The van der Waals surface area contributed by atoms with Crippen molar-refractivity contribution in [3.05, 3.63) is 202 Å². The molecule has 0 atom stereocenters. The Bertz CT molecular complexity index is 3620. The van der Waals surface area contributed by atoms with Crippen LogP contribution in [-0.4, -0.2) is 6.71 Å². The average Bonchev–Trinajstić information content (AvgIpc) is 3.86. The van der Waals surface area contributed by atoms with Crippen LogP contribution in [0.15, 0.2) is 158 Å². The van der Waals surface area contributed by atoms with E-state index in [0.29, 0.717) is 0 Å². The van der Waals surface area contributed by atoms with E-state index in [2.05, 4.69) is 269 Å². The zero-order valence-electron chi connectivity index (χ0n) is 45.3. The third kappa shape index (κ3) is 7.43. The van der Waals surface area contributed by atoms with Crippen molar-refractivity contribution in [1.29, 1.82) is 0 Å². The van der Waals surface area contributed by atoms with Crippen LogP contribution in [0.4, 0.5) is 51.2 Å². The highest BCUT2D eigenvalue weighted by atomic mass is 32.1. The molecule has 0 bridgehead atoms. The minimum Gasteiger partial charge on any atom is -0.311 e. The second kappa shape index (κ2) is 16.3. The molecule has 0 radical (unpaired) electrons. The van der Waals surface area contributed by atoms with Gasteiger partial charge in [0.2, 0.25) is 0 Å². The van der Waals surface area contributed by atoms with E-state index in [1.54, 1.807) is 0 Å². The minimum absolute atomic E-state index is 0.00522. The maximum Gasteiger partial charge on any atom is 0.265 e. The van der Waals surface area contributed by atoms with Crippen molar-refractivity contribution in [3.63, 3.8) is 0 Å². The Labute approximate surface area is 439 Å². The van der Waals surface area contributed by atoms with Gasteiger partial charge >= 0.3 is 0 Å². The highest BCUT2D eigenvalue weighted by Gasteiger charge is 2.51. The van der Waals surface area contributed by atoms with Crippen LogP contribution in [0.2, 0.25) is 0 Å². The molecular weight excluding hydrogens is 902 g/mol. The van der Waals surface area contributed by atoms with Crippen molar-refractivity contribution in [2.24, 2.45) is 0 Å². The molecule has 3 heterocycles. The summed E-state index contributed by atoms with van der Waals surface area (Å²) >= 11 is 2.00. The molecule has 5 heteroatoms. The fourth-order valence-electron chi connectivity index (χ4n) is 12.3. The van der Waals surface area contributed by atoms with Crippen molar-refractivity contribution in [3.8, 4) is 11.1 Å². The summed E-state index contributed by atoms with van der Waals surface area (Å²) in [5.41, 5.74) is 26.4. The van der Waals surface area contributed by atoms with E-state index in [1.165, 1.54) is 116 Å². The molecule has 12 rings (SSSR count). The van der Waals surface area contributed by atoms with Gasteiger partial charge in [-0.05, 0) is 171 Å². The number of aryl methyl sites for hydroxylation is 3. The van der Waals surface area contributed by atoms with Crippen LogP contribution >= 0.6 is 11.3 Å². The molecule has 2 aliphatic heterocycles. The number of thiophene rings is 1. The molecule has 0 saturated carbocycles. The van der Waals surface area contributed by atoms with E-state index in [4.69, 9.17) is 0 Å².